The summed E-state index contributed by atoms with van der Waals surface area (Å²) in [5.41, 5.74) is 0. The number of nitrogens with zero attached hydrogens (tertiary/aromatic N) is 2. The second-order valence-electron chi connectivity index (χ2n) is 5.72. The minimum absolute atomic E-state index is 0.0979. The fraction of sp³-hybridized carbons (Fsp3) is 0.250. The van der Waals surface area contributed by atoms with Gasteiger partial charge in [-0.2, -0.15) is 8.61 Å². The van der Waals surface area contributed by atoms with Crippen molar-refractivity contribution in [2.75, 3.05) is 26.2 Å². The molecule has 0 N–H and O–H groups in total. The van der Waals surface area contributed by atoms with Crippen molar-refractivity contribution in [3.63, 3.8) is 0 Å². The van der Waals surface area contributed by atoms with E-state index in [0.29, 0.717) is 5.02 Å². The minimum atomic E-state index is -3.67. The normalized spacial score (nSPS) is 17.3. The molecule has 10 heteroatoms. The van der Waals surface area contributed by atoms with Crippen LogP contribution in [-0.2, 0) is 20.0 Å². The summed E-state index contributed by atoms with van der Waals surface area (Å²) in [7, 11) is -7.32. The number of sulfonamides is 2. The van der Waals surface area contributed by atoms with E-state index in [1.165, 1.54) is 45.0 Å². The van der Waals surface area contributed by atoms with Gasteiger partial charge in [-0.05, 0) is 48.5 Å². The summed E-state index contributed by atoms with van der Waals surface area (Å²) in [6.07, 6.45) is 0. The Kier molecular flexibility index (Phi) is 5.76. The van der Waals surface area contributed by atoms with Gasteiger partial charge in [0.05, 0.1) is 9.79 Å². The maximum absolute atomic E-state index is 12.7. The van der Waals surface area contributed by atoms with Gasteiger partial charge in [0.15, 0.2) is 0 Å². The molecule has 3 rings (SSSR count). The van der Waals surface area contributed by atoms with Gasteiger partial charge in [0, 0.05) is 35.7 Å². The van der Waals surface area contributed by atoms with Crippen LogP contribution in [0.3, 0.4) is 0 Å². The van der Waals surface area contributed by atoms with Crippen LogP contribution in [0.25, 0.3) is 0 Å². The molecule has 0 unspecified atom stereocenters. The van der Waals surface area contributed by atoms with E-state index in [-0.39, 0.29) is 36.0 Å². The molecule has 0 saturated carbocycles. The quantitative estimate of drug-likeness (QED) is 0.676. The van der Waals surface area contributed by atoms with Crippen LogP contribution in [0.1, 0.15) is 0 Å². The fourth-order valence-electron chi connectivity index (χ4n) is 2.66. The van der Waals surface area contributed by atoms with Gasteiger partial charge >= 0.3 is 0 Å². The number of benzene rings is 2. The van der Waals surface area contributed by atoms with E-state index >= 15 is 0 Å². The van der Waals surface area contributed by atoms with Crippen molar-refractivity contribution in [1.29, 1.82) is 0 Å². The molecule has 1 fully saturated rings. The molecule has 0 spiro atoms. The average molecular weight is 480 g/mol. The Morgan fingerprint density at radius 2 is 1.04 bits per heavy atom. The molecule has 6 nitrogen and oxygen atoms in total. The van der Waals surface area contributed by atoms with Crippen LogP contribution in [0.2, 0.25) is 5.02 Å². The third-order valence-electron chi connectivity index (χ3n) is 4.10. The molecule has 0 aliphatic carbocycles. The van der Waals surface area contributed by atoms with Crippen molar-refractivity contribution >= 4 is 47.6 Å². The highest BCUT2D eigenvalue weighted by Crippen LogP contribution is 2.23. The summed E-state index contributed by atoms with van der Waals surface area (Å²) in [5.74, 6) is 0. The Labute approximate surface area is 166 Å². The average Bonchev–Trinajstić information content (AvgIpc) is 2.62. The van der Waals surface area contributed by atoms with E-state index in [9.17, 15) is 16.8 Å². The smallest absolute Gasteiger partial charge is 0.207 e. The predicted octanol–water partition coefficient (Wildman–Crippen LogP) is 2.80. The van der Waals surface area contributed by atoms with E-state index in [1.54, 1.807) is 12.1 Å². The lowest BCUT2D eigenvalue weighted by molar-refractivity contribution is 0.273. The highest BCUT2D eigenvalue weighted by Gasteiger charge is 2.33. The SMILES string of the molecule is O=S(=O)(c1ccc(Cl)cc1)N1CCN(S(=O)(=O)c2ccc(Br)cc2)CC1. The topological polar surface area (TPSA) is 74.8 Å². The zero-order valence-electron chi connectivity index (χ0n) is 13.5. The summed E-state index contributed by atoms with van der Waals surface area (Å²) < 4.78 is 54.1. The Hall–Kier alpha value is -0.970. The van der Waals surface area contributed by atoms with Gasteiger partial charge in [0.25, 0.3) is 0 Å². The standard InChI is InChI=1S/C16H16BrClN2O4S2/c17-13-1-5-15(6-2-13)25(21,22)19-9-11-20(12-10-19)26(23,24)16-7-3-14(18)4-8-16/h1-8H,9-12H2. The molecule has 1 heterocycles. The first kappa shape index (κ1) is 19.8. The molecule has 0 bridgehead atoms. The van der Waals surface area contributed by atoms with E-state index in [1.807, 2.05) is 0 Å². The van der Waals surface area contributed by atoms with Gasteiger partial charge in [-0.1, -0.05) is 27.5 Å². The maximum Gasteiger partial charge on any atom is 0.243 e. The van der Waals surface area contributed by atoms with Crippen molar-refractivity contribution < 1.29 is 16.8 Å². The fourth-order valence-corrected chi connectivity index (χ4v) is 5.90. The number of piperazine rings is 1. The molecule has 0 atom stereocenters. The molecular weight excluding hydrogens is 464 g/mol. The van der Waals surface area contributed by atoms with Crippen molar-refractivity contribution in [2.45, 2.75) is 9.79 Å². The monoisotopic (exact) mass is 478 g/mol. The molecule has 0 amide bonds. The largest absolute Gasteiger partial charge is 0.243 e. The lowest BCUT2D eigenvalue weighted by atomic mass is 10.4. The number of rotatable bonds is 4. The van der Waals surface area contributed by atoms with Gasteiger partial charge in [-0.25, -0.2) is 16.8 Å². The molecule has 1 saturated heterocycles. The first-order valence-corrected chi connectivity index (χ1v) is 11.8. The first-order chi connectivity index (χ1) is 12.2. The third kappa shape index (κ3) is 3.97. The van der Waals surface area contributed by atoms with E-state index in [0.717, 1.165) is 4.47 Å². The van der Waals surface area contributed by atoms with Crippen LogP contribution in [0.5, 0.6) is 0 Å². The zero-order chi connectivity index (χ0) is 18.9. The lowest BCUT2D eigenvalue weighted by Gasteiger charge is -2.33. The van der Waals surface area contributed by atoms with Crippen molar-refractivity contribution in [3.8, 4) is 0 Å². The van der Waals surface area contributed by atoms with Crippen LogP contribution in [0.4, 0.5) is 0 Å². The van der Waals surface area contributed by atoms with Gasteiger partial charge in [0.2, 0.25) is 20.0 Å². The number of halogens is 2. The molecule has 1 aliphatic heterocycles. The highest BCUT2D eigenvalue weighted by molar-refractivity contribution is 9.10. The summed E-state index contributed by atoms with van der Waals surface area (Å²) in [6, 6.07) is 12.3. The lowest BCUT2D eigenvalue weighted by Crippen LogP contribution is -2.50. The van der Waals surface area contributed by atoms with Crippen LogP contribution < -0.4 is 0 Å². The van der Waals surface area contributed by atoms with Gasteiger partial charge < -0.3 is 0 Å². The maximum atomic E-state index is 12.7. The number of hydrogen-bond acceptors (Lipinski definition) is 4. The molecule has 1 aliphatic rings. The molecule has 2 aromatic carbocycles. The van der Waals surface area contributed by atoms with E-state index in [4.69, 9.17) is 11.6 Å². The molecule has 0 aromatic heterocycles. The molecule has 26 heavy (non-hydrogen) atoms. The second-order valence-corrected chi connectivity index (χ2v) is 10.9. The summed E-state index contributed by atoms with van der Waals surface area (Å²) >= 11 is 9.07. The molecule has 0 radical (unpaired) electrons. The van der Waals surface area contributed by atoms with Crippen molar-refractivity contribution in [3.05, 3.63) is 58.0 Å². The predicted molar refractivity (Wildman–Crippen MR) is 103 cm³/mol. The molecule has 2 aromatic rings. The van der Waals surface area contributed by atoms with Gasteiger partial charge in [-0.3, -0.25) is 0 Å². The minimum Gasteiger partial charge on any atom is -0.207 e. The Morgan fingerprint density at radius 3 is 1.42 bits per heavy atom. The van der Waals surface area contributed by atoms with Gasteiger partial charge in [0.1, 0.15) is 0 Å². The molecular formula is C16H16BrClN2O4S2. The van der Waals surface area contributed by atoms with Crippen LogP contribution in [-0.4, -0.2) is 51.6 Å². The Balaban J connectivity index is 1.74. The van der Waals surface area contributed by atoms with Crippen molar-refractivity contribution in [2.24, 2.45) is 0 Å². The van der Waals surface area contributed by atoms with Crippen LogP contribution in [0, 0.1) is 0 Å². The highest BCUT2D eigenvalue weighted by atomic mass is 79.9. The summed E-state index contributed by atoms with van der Waals surface area (Å²) in [6.45, 7) is 0.401. The van der Waals surface area contributed by atoms with Crippen LogP contribution >= 0.6 is 27.5 Å². The summed E-state index contributed by atoms with van der Waals surface area (Å²) in [5, 5.41) is 0.453. The zero-order valence-corrected chi connectivity index (χ0v) is 17.5. The van der Waals surface area contributed by atoms with Crippen LogP contribution in [0.15, 0.2) is 62.8 Å². The third-order valence-corrected chi connectivity index (χ3v) is 8.71. The van der Waals surface area contributed by atoms with E-state index < -0.39 is 20.0 Å². The second kappa shape index (κ2) is 7.57. The van der Waals surface area contributed by atoms with Gasteiger partial charge in [-0.15, -0.1) is 0 Å². The first-order valence-electron chi connectivity index (χ1n) is 7.73. The Morgan fingerprint density at radius 1 is 0.692 bits per heavy atom. The molecule has 140 valence electrons. The summed E-state index contributed by atoms with van der Waals surface area (Å²) in [4.78, 5) is 0.334. The van der Waals surface area contributed by atoms with Crippen molar-refractivity contribution in [1.82, 2.24) is 8.61 Å². The van der Waals surface area contributed by atoms with E-state index in [2.05, 4.69) is 15.9 Å². The Bertz CT molecular complexity index is 902. The number of hydrogen-bond donors (Lipinski definition) is 0.